The fourth-order valence-corrected chi connectivity index (χ4v) is 1.87. The molecule has 1 saturated heterocycles. The molecular weight excluding hydrogens is 226 g/mol. The van der Waals surface area contributed by atoms with E-state index in [0.29, 0.717) is 17.6 Å². The lowest BCUT2D eigenvalue weighted by Gasteiger charge is -2.32. The van der Waals surface area contributed by atoms with Crippen LogP contribution in [0.2, 0.25) is 5.15 Å². The molecule has 2 N–H and O–H groups in total. The number of aromatic nitrogens is 2. The zero-order valence-corrected chi connectivity index (χ0v) is 10.1. The smallest absolute Gasteiger partial charge is 0.226 e. The number of halogens is 1. The molecule has 88 valence electrons. The predicted octanol–water partition coefficient (Wildman–Crippen LogP) is 0.340. The fraction of sp³-hybridized carbons (Fsp3) is 0.600. The molecule has 1 fully saturated rings. The fourth-order valence-electron chi connectivity index (χ4n) is 1.67. The molecule has 0 saturated carbocycles. The van der Waals surface area contributed by atoms with Crippen LogP contribution in [0.25, 0.3) is 0 Å². The number of likely N-dealkylation sites (N-methyl/N-ethyl adjacent to an activating group) is 1. The lowest BCUT2D eigenvalue weighted by atomic mass is 10.3. The molecule has 0 atom stereocenters. The maximum atomic E-state index is 6.01. The molecule has 0 amide bonds. The van der Waals surface area contributed by atoms with E-state index in [0.717, 1.165) is 31.7 Å². The van der Waals surface area contributed by atoms with Gasteiger partial charge < -0.3 is 15.5 Å². The summed E-state index contributed by atoms with van der Waals surface area (Å²) in [6.07, 6.45) is 1.71. The third-order valence-corrected chi connectivity index (χ3v) is 3.13. The molecule has 16 heavy (non-hydrogen) atoms. The average Bonchev–Trinajstić information content (AvgIpc) is 2.30. The van der Waals surface area contributed by atoms with Gasteiger partial charge in [-0.2, -0.15) is 0 Å². The Balaban J connectivity index is 2.12. The van der Waals surface area contributed by atoms with Crippen LogP contribution in [0, 0.1) is 0 Å². The normalized spacial score (nSPS) is 17.8. The Morgan fingerprint density at radius 2 is 2.06 bits per heavy atom. The number of nitrogens with two attached hydrogens (primary N) is 1. The third-order valence-electron chi connectivity index (χ3n) is 2.81. The molecule has 0 unspecified atom stereocenters. The minimum Gasteiger partial charge on any atom is -0.338 e. The molecule has 6 heteroatoms. The van der Waals surface area contributed by atoms with Gasteiger partial charge in [0.1, 0.15) is 5.15 Å². The van der Waals surface area contributed by atoms with Gasteiger partial charge in [0.05, 0.1) is 0 Å². The van der Waals surface area contributed by atoms with Gasteiger partial charge in [-0.15, -0.1) is 0 Å². The van der Waals surface area contributed by atoms with E-state index in [9.17, 15) is 0 Å². The molecule has 0 aliphatic carbocycles. The Bertz CT molecular complexity index is 362. The number of hydrogen-bond acceptors (Lipinski definition) is 5. The highest BCUT2D eigenvalue weighted by Crippen LogP contribution is 2.16. The summed E-state index contributed by atoms with van der Waals surface area (Å²) in [5, 5.41) is 0.464. The van der Waals surface area contributed by atoms with Gasteiger partial charge in [0, 0.05) is 44.5 Å². The first kappa shape index (κ1) is 11.6. The van der Waals surface area contributed by atoms with Crippen LogP contribution >= 0.6 is 11.6 Å². The van der Waals surface area contributed by atoms with Crippen LogP contribution in [0.15, 0.2) is 6.20 Å². The molecule has 2 heterocycles. The Labute approximate surface area is 100 Å². The van der Waals surface area contributed by atoms with Crippen LogP contribution in [0.3, 0.4) is 0 Å². The minimum absolute atomic E-state index is 0.377. The topological polar surface area (TPSA) is 58.3 Å². The second kappa shape index (κ2) is 4.95. The summed E-state index contributed by atoms with van der Waals surface area (Å²) in [7, 11) is 2.11. The van der Waals surface area contributed by atoms with Crippen molar-refractivity contribution in [1.82, 2.24) is 14.9 Å². The molecule has 1 aromatic heterocycles. The highest BCUT2D eigenvalue weighted by Gasteiger charge is 2.17. The Morgan fingerprint density at radius 3 is 2.62 bits per heavy atom. The van der Waals surface area contributed by atoms with Crippen molar-refractivity contribution in [2.45, 2.75) is 6.54 Å². The number of nitrogens with zero attached hydrogens (tertiary/aromatic N) is 4. The van der Waals surface area contributed by atoms with Crippen molar-refractivity contribution >= 4 is 17.5 Å². The van der Waals surface area contributed by atoms with E-state index in [2.05, 4.69) is 26.8 Å². The van der Waals surface area contributed by atoms with Gasteiger partial charge >= 0.3 is 0 Å². The lowest BCUT2D eigenvalue weighted by Crippen LogP contribution is -2.45. The Morgan fingerprint density at radius 1 is 1.38 bits per heavy atom. The van der Waals surface area contributed by atoms with Crippen LogP contribution < -0.4 is 10.6 Å². The van der Waals surface area contributed by atoms with Crippen molar-refractivity contribution in [2.24, 2.45) is 5.73 Å². The van der Waals surface area contributed by atoms with E-state index < -0.39 is 0 Å². The predicted molar refractivity (Wildman–Crippen MR) is 64.6 cm³/mol. The van der Waals surface area contributed by atoms with Gasteiger partial charge in [-0.05, 0) is 7.05 Å². The van der Waals surface area contributed by atoms with Gasteiger partial charge in [-0.25, -0.2) is 9.97 Å². The van der Waals surface area contributed by atoms with Crippen molar-refractivity contribution in [3.05, 3.63) is 16.9 Å². The summed E-state index contributed by atoms with van der Waals surface area (Å²) in [5.41, 5.74) is 6.30. The summed E-state index contributed by atoms with van der Waals surface area (Å²) in [5.74, 6) is 0.704. The van der Waals surface area contributed by atoms with Crippen molar-refractivity contribution in [1.29, 1.82) is 0 Å². The first-order valence-corrected chi connectivity index (χ1v) is 5.73. The molecular formula is C10H16ClN5. The van der Waals surface area contributed by atoms with Gasteiger partial charge in [-0.1, -0.05) is 11.6 Å². The number of hydrogen-bond donors (Lipinski definition) is 1. The number of anilines is 1. The van der Waals surface area contributed by atoms with E-state index in [4.69, 9.17) is 17.3 Å². The SMILES string of the molecule is CN1CCN(c2ncc(CN)c(Cl)n2)CC1. The molecule has 0 spiro atoms. The monoisotopic (exact) mass is 241 g/mol. The number of rotatable bonds is 2. The highest BCUT2D eigenvalue weighted by atomic mass is 35.5. The van der Waals surface area contributed by atoms with Crippen molar-refractivity contribution < 1.29 is 0 Å². The van der Waals surface area contributed by atoms with E-state index in [1.807, 2.05) is 0 Å². The molecule has 1 aliphatic heterocycles. The van der Waals surface area contributed by atoms with Crippen molar-refractivity contribution in [2.75, 3.05) is 38.1 Å². The second-order valence-corrected chi connectivity index (χ2v) is 4.34. The van der Waals surface area contributed by atoms with Crippen LogP contribution in [0.4, 0.5) is 5.95 Å². The molecule has 1 aliphatic rings. The van der Waals surface area contributed by atoms with E-state index in [1.54, 1.807) is 6.20 Å². The zero-order valence-electron chi connectivity index (χ0n) is 9.36. The number of piperazine rings is 1. The quantitative estimate of drug-likeness (QED) is 0.757. The van der Waals surface area contributed by atoms with Crippen LogP contribution in [0.5, 0.6) is 0 Å². The van der Waals surface area contributed by atoms with Gasteiger partial charge in [0.25, 0.3) is 0 Å². The van der Waals surface area contributed by atoms with E-state index in [-0.39, 0.29) is 0 Å². The zero-order chi connectivity index (χ0) is 11.5. The van der Waals surface area contributed by atoms with Crippen LogP contribution in [0.1, 0.15) is 5.56 Å². The van der Waals surface area contributed by atoms with Gasteiger partial charge in [0.2, 0.25) is 5.95 Å². The largest absolute Gasteiger partial charge is 0.338 e. The summed E-state index contributed by atoms with van der Waals surface area (Å²) in [4.78, 5) is 13.0. The highest BCUT2D eigenvalue weighted by molar-refractivity contribution is 6.30. The average molecular weight is 242 g/mol. The summed E-state index contributed by atoms with van der Waals surface area (Å²) >= 11 is 6.01. The van der Waals surface area contributed by atoms with Crippen LogP contribution in [-0.4, -0.2) is 48.1 Å². The van der Waals surface area contributed by atoms with Crippen molar-refractivity contribution in [3.8, 4) is 0 Å². The summed E-state index contributed by atoms with van der Waals surface area (Å²) < 4.78 is 0. The Hall–Kier alpha value is -0.910. The molecule has 5 nitrogen and oxygen atoms in total. The molecule has 0 bridgehead atoms. The van der Waals surface area contributed by atoms with Gasteiger partial charge in [0.15, 0.2) is 0 Å². The molecule has 0 aromatic carbocycles. The second-order valence-electron chi connectivity index (χ2n) is 3.98. The minimum atomic E-state index is 0.377. The Kier molecular flexibility index (Phi) is 3.58. The maximum absolute atomic E-state index is 6.01. The third kappa shape index (κ3) is 2.42. The summed E-state index contributed by atoms with van der Waals surface area (Å²) in [6, 6.07) is 0. The standard InChI is InChI=1S/C10H16ClN5/c1-15-2-4-16(5-3-15)10-13-7-8(6-12)9(11)14-10/h7H,2-6,12H2,1H3. The van der Waals surface area contributed by atoms with Gasteiger partial charge in [-0.3, -0.25) is 0 Å². The van der Waals surface area contributed by atoms with Crippen molar-refractivity contribution in [3.63, 3.8) is 0 Å². The van der Waals surface area contributed by atoms with E-state index >= 15 is 0 Å². The van der Waals surface area contributed by atoms with E-state index in [1.165, 1.54) is 0 Å². The lowest BCUT2D eigenvalue weighted by molar-refractivity contribution is 0.311. The first-order valence-electron chi connectivity index (χ1n) is 5.35. The first-order chi connectivity index (χ1) is 7.70. The molecule has 2 rings (SSSR count). The summed E-state index contributed by atoms with van der Waals surface area (Å²) in [6.45, 7) is 4.31. The molecule has 1 aromatic rings. The maximum Gasteiger partial charge on any atom is 0.226 e. The van der Waals surface area contributed by atoms with Crippen LogP contribution in [-0.2, 0) is 6.54 Å². The molecule has 0 radical (unpaired) electrons.